The highest BCUT2D eigenvalue weighted by molar-refractivity contribution is 5.94. The maximum absolute atomic E-state index is 13.3. The average molecular weight is 602 g/mol. The maximum Gasteiger partial charge on any atom is 0.326 e. The van der Waals surface area contributed by atoms with Crippen LogP contribution in [0, 0.1) is 0 Å². The molecule has 0 fully saturated rings. The molecule has 0 spiro atoms. The van der Waals surface area contributed by atoms with Gasteiger partial charge in [-0.2, -0.15) is 0 Å². The van der Waals surface area contributed by atoms with Crippen molar-refractivity contribution in [2.24, 2.45) is 11.5 Å². The first kappa shape index (κ1) is 34.0. The normalized spacial score (nSPS) is 13.5. The van der Waals surface area contributed by atoms with Gasteiger partial charge in [0, 0.05) is 19.3 Å². The molecule has 43 heavy (non-hydrogen) atoms. The maximum atomic E-state index is 13.3. The number of hydrogen-bond acceptors (Lipinski definition) is 9. The Morgan fingerprint density at radius 1 is 0.628 bits per heavy atom. The van der Waals surface area contributed by atoms with Gasteiger partial charge >= 0.3 is 11.9 Å². The van der Waals surface area contributed by atoms with Gasteiger partial charge in [0.2, 0.25) is 23.6 Å². The molecule has 0 bridgehead atoms. The number of carbonyl (C=O) groups is 6. The van der Waals surface area contributed by atoms with E-state index in [1.165, 1.54) is 36.4 Å². The summed E-state index contributed by atoms with van der Waals surface area (Å²) in [5, 5.41) is 44.5. The third-order valence-electron chi connectivity index (χ3n) is 6.31. The number of phenols is 2. The molecular formula is C28H35N5O10. The Morgan fingerprint density at radius 2 is 1.07 bits per heavy atom. The molecule has 2 aromatic carbocycles. The SMILES string of the molecule is NC(=O)CCC(NC(=O)C(N)Cc1ccc(O)cc1)C(=O)NC(Cc1ccc(O)cc1)C(=O)NC(CCC(=O)O)C(=O)O. The number of nitrogens with two attached hydrogens (primary N) is 2. The molecule has 0 aromatic heterocycles. The van der Waals surface area contributed by atoms with Crippen LogP contribution in [0.2, 0.25) is 0 Å². The summed E-state index contributed by atoms with van der Waals surface area (Å²) in [5.74, 6) is -6.17. The minimum Gasteiger partial charge on any atom is -0.508 e. The van der Waals surface area contributed by atoms with Gasteiger partial charge in [0.15, 0.2) is 0 Å². The van der Waals surface area contributed by atoms with Gasteiger partial charge in [0.05, 0.1) is 6.04 Å². The van der Waals surface area contributed by atoms with Crippen molar-refractivity contribution in [1.82, 2.24) is 16.0 Å². The quantitative estimate of drug-likeness (QED) is 0.105. The van der Waals surface area contributed by atoms with Crippen LogP contribution >= 0.6 is 0 Å². The van der Waals surface area contributed by atoms with Crippen molar-refractivity contribution in [3.8, 4) is 11.5 Å². The predicted octanol–water partition coefficient (Wildman–Crippen LogP) is -1.12. The Bertz CT molecular complexity index is 1300. The van der Waals surface area contributed by atoms with Crippen LogP contribution in [-0.4, -0.2) is 80.2 Å². The van der Waals surface area contributed by atoms with Gasteiger partial charge in [0.1, 0.15) is 29.6 Å². The van der Waals surface area contributed by atoms with Crippen LogP contribution in [0.25, 0.3) is 0 Å². The van der Waals surface area contributed by atoms with E-state index in [0.29, 0.717) is 11.1 Å². The molecule has 0 saturated heterocycles. The largest absolute Gasteiger partial charge is 0.508 e. The van der Waals surface area contributed by atoms with Crippen molar-refractivity contribution in [1.29, 1.82) is 0 Å². The highest BCUT2D eigenvalue weighted by Gasteiger charge is 2.31. The Labute approximate surface area is 246 Å². The first-order valence-corrected chi connectivity index (χ1v) is 13.2. The number of amides is 4. The summed E-state index contributed by atoms with van der Waals surface area (Å²) in [6.45, 7) is 0. The van der Waals surface area contributed by atoms with Crippen LogP contribution in [-0.2, 0) is 41.6 Å². The fourth-order valence-electron chi connectivity index (χ4n) is 3.96. The number of aliphatic carboxylic acids is 2. The summed E-state index contributed by atoms with van der Waals surface area (Å²) in [5.41, 5.74) is 12.3. The van der Waals surface area contributed by atoms with E-state index < -0.39 is 72.6 Å². The van der Waals surface area contributed by atoms with E-state index in [-0.39, 0.29) is 37.2 Å². The molecule has 0 aliphatic carbocycles. The highest BCUT2D eigenvalue weighted by Crippen LogP contribution is 2.13. The fourth-order valence-corrected chi connectivity index (χ4v) is 3.96. The van der Waals surface area contributed by atoms with Crippen LogP contribution in [0.1, 0.15) is 36.8 Å². The lowest BCUT2D eigenvalue weighted by Crippen LogP contribution is -2.58. The van der Waals surface area contributed by atoms with Gasteiger partial charge in [-0.25, -0.2) is 4.79 Å². The number of carbonyl (C=O) groups excluding carboxylic acids is 4. The summed E-state index contributed by atoms with van der Waals surface area (Å²) in [7, 11) is 0. The number of primary amides is 1. The number of benzene rings is 2. The van der Waals surface area contributed by atoms with Crippen molar-refractivity contribution in [3.05, 3.63) is 59.7 Å². The lowest BCUT2D eigenvalue weighted by atomic mass is 10.0. The van der Waals surface area contributed by atoms with E-state index in [9.17, 15) is 44.1 Å². The number of rotatable bonds is 17. The minimum absolute atomic E-state index is 0.0208. The molecule has 0 aliphatic rings. The summed E-state index contributed by atoms with van der Waals surface area (Å²) in [6, 6.07) is 6.07. The second kappa shape index (κ2) is 16.3. The van der Waals surface area contributed by atoms with Crippen LogP contribution in [0.3, 0.4) is 0 Å². The second-order valence-corrected chi connectivity index (χ2v) is 9.81. The molecule has 0 radical (unpaired) electrons. The number of nitrogens with one attached hydrogen (secondary N) is 3. The molecule has 15 nitrogen and oxygen atoms in total. The highest BCUT2D eigenvalue weighted by atomic mass is 16.4. The zero-order valence-electron chi connectivity index (χ0n) is 23.1. The first-order chi connectivity index (χ1) is 20.2. The van der Waals surface area contributed by atoms with E-state index in [1.807, 2.05) is 0 Å². The van der Waals surface area contributed by atoms with Gasteiger partial charge in [-0.3, -0.25) is 24.0 Å². The van der Waals surface area contributed by atoms with Crippen molar-refractivity contribution < 1.29 is 49.2 Å². The molecule has 4 unspecified atom stereocenters. The van der Waals surface area contributed by atoms with Crippen molar-refractivity contribution in [2.45, 2.75) is 62.7 Å². The van der Waals surface area contributed by atoms with Crippen LogP contribution in [0.4, 0.5) is 0 Å². The zero-order valence-corrected chi connectivity index (χ0v) is 23.1. The second-order valence-electron chi connectivity index (χ2n) is 9.81. The summed E-state index contributed by atoms with van der Waals surface area (Å²) < 4.78 is 0. The van der Waals surface area contributed by atoms with Gasteiger partial charge in [0.25, 0.3) is 0 Å². The lowest BCUT2D eigenvalue weighted by molar-refractivity contribution is -0.143. The predicted molar refractivity (Wildman–Crippen MR) is 150 cm³/mol. The topological polar surface area (TPSA) is 271 Å². The number of carboxylic acid groups (broad SMARTS) is 2. The fraction of sp³-hybridized carbons (Fsp3) is 0.357. The lowest BCUT2D eigenvalue weighted by Gasteiger charge is -2.25. The van der Waals surface area contributed by atoms with Crippen LogP contribution in [0.15, 0.2) is 48.5 Å². The molecule has 2 rings (SSSR count). The molecule has 2 aromatic rings. The Morgan fingerprint density at radius 3 is 1.56 bits per heavy atom. The average Bonchev–Trinajstić information content (AvgIpc) is 2.94. The van der Waals surface area contributed by atoms with Crippen LogP contribution in [0.5, 0.6) is 11.5 Å². The first-order valence-electron chi connectivity index (χ1n) is 13.2. The van der Waals surface area contributed by atoms with Gasteiger partial charge in [-0.1, -0.05) is 24.3 Å². The third kappa shape index (κ3) is 12.1. The number of phenolic OH excluding ortho intramolecular Hbond substituents is 2. The molecule has 0 saturated carbocycles. The Hall–Kier alpha value is -5.18. The van der Waals surface area contributed by atoms with Crippen molar-refractivity contribution >= 4 is 35.6 Å². The number of aromatic hydroxyl groups is 2. The molecule has 4 amide bonds. The molecule has 232 valence electrons. The molecule has 11 N–H and O–H groups in total. The van der Waals surface area contributed by atoms with Gasteiger partial charge < -0.3 is 47.8 Å². The van der Waals surface area contributed by atoms with E-state index in [0.717, 1.165) is 0 Å². The monoisotopic (exact) mass is 601 g/mol. The van der Waals surface area contributed by atoms with E-state index in [2.05, 4.69) is 16.0 Å². The smallest absolute Gasteiger partial charge is 0.326 e. The Balaban J connectivity index is 2.25. The number of hydrogen-bond donors (Lipinski definition) is 9. The van der Waals surface area contributed by atoms with Gasteiger partial charge in [-0.05, 0) is 54.7 Å². The molecule has 4 atom stereocenters. The summed E-state index contributed by atoms with van der Waals surface area (Å²) in [6.07, 6.45) is -1.65. The van der Waals surface area contributed by atoms with Gasteiger partial charge in [-0.15, -0.1) is 0 Å². The molecule has 0 heterocycles. The molecular weight excluding hydrogens is 566 g/mol. The van der Waals surface area contributed by atoms with E-state index >= 15 is 0 Å². The van der Waals surface area contributed by atoms with E-state index in [1.54, 1.807) is 12.1 Å². The minimum atomic E-state index is -1.58. The van der Waals surface area contributed by atoms with E-state index in [4.69, 9.17) is 16.6 Å². The van der Waals surface area contributed by atoms with Crippen molar-refractivity contribution in [2.75, 3.05) is 0 Å². The number of carboxylic acids is 2. The standard InChI is InChI=1S/C28H35N5O10/c29-19(13-15-1-5-17(34)6-2-15)25(39)31-20(9-11-23(30)36)26(40)33-22(14-16-3-7-18(35)8-4-16)27(41)32-21(28(42)43)10-12-24(37)38/h1-8,19-22,34-35H,9-14,29H2,(H2,30,36)(H,31,39)(H,32,41)(H,33,40)(H,37,38)(H,42,43). The third-order valence-corrected chi connectivity index (χ3v) is 6.31. The zero-order chi connectivity index (χ0) is 32.1. The molecule has 0 aliphatic heterocycles. The molecule has 15 heteroatoms. The van der Waals surface area contributed by atoms with Crippen molar-refractivity contribution in [3.63, 3.8) is 0 Å². The Kier molecular flexibility index (Phi) is 12.9. The van der Waals surface area contributed by atoms with Crippen LogP contribution < -0.4 is 27.4 Å². The summed E-state index contributed by atoms with van der Waals surface area (Å²) >= 11 is 0. The summed E-state index contributed by atoms with van der Waals surface area (Å²) in [4.78, 5) is 73.4.